The van der Waals surface area contributed by atoms with Gasteiger partial charge in [0.1, 0.15) is 35.2 Å². The Hall–Kier alpha value is -8.15. The van der Waals surface area contributed by atoms with Gasteiger partial charge in [0.05, 0.1) is 0 Å². The molecule has 464 valence electrons. The molecule has 1 atom stereocenters. The highest BCUT2D eigenvalue weighted by Gasteiger charge is 2.21. The molecule has 5 heterocycles. The zero-order valence-corrected chi connectivity index (χ0v) is 58.9. The quantitative estimate of drug-likeness (QED) is 0.115. The SMILES string of the molecule is CCC(C)c1ccc(-c2c(C)ccc[n+]2C)c(C)c1.CCc1ccc(-c2c(C)ccc[n+]2C)c(C)c1.Cc1cc(C(C)C)ccc1-c1c(C)ccc[n+]1C.Cc1cc(CC(C)C)ccc1-c1c(C)ccc[n+]1C.Cc1ccc(-c2c(C)ccc[n+]2C)c(C)c1. The van der Waals surface area contributed by atoms with Crippen LogP contribution in [0.4, 0.5) is 0 Å². The molecule has 0 aliphatic heterocycles. The van der Waals surface area contributed by atoms with Gasteiger partial charge in [0.15, 0.2) is 31.0 Å². The fourth-order valence-electron chi connectivity index (χ4n) is 12.4. The van der Waals surface area contributed by atoms with Gasteiger partial charge in [-0.05, 0) is 224 Å². The van der Waals surface area contributed by atoms with Crippen LogP contribution in [0.2, 0.25) is 0 Å². The third kappa shape index (κ3) is 18.2. The Bertz CT molecular complexity index is 3910. The Labute approximate surface area is 539 Å². The molecule has 5 aromatic heterocycles. The second-order valence-corrected chi connectivity index (χ2v) is 25.9. The van der Waals surface area contributed by atoms with Crippen molar-refractivity contribution in [3.63, 3.8) is 0 Å². The van der Waals surface area contributed by atoms with Crippen LogP contribution in [0.25, 0.3) is 56.3 Å². The minimum atomic E-state index is 0.586. The van der Waals surface area contributed by atoms with Gasteiger partial charge in [-0.3, -0.25) is 0 Å². The third-order valence-corrected chi connectivity index (χ3v) is 17.6. The Morgan fingerprint density at radius 1 is 0.303 bits per heavy atom. The lowest BCUT2D eigenvalue weighted by Gasteiger charge is -2.12. The number of pyridine rings is 5. The van der Waals surface area contributed by atoms with E-state index in [1.54, 1.807) is 0 Å². The minimum Gasteiger partial charge on any atom is -0.201 e. The lowest BCUT2D eigenvalue weighted by molar-refractivity contribution is -0.660. The van der Waals surface area contributed by atoms with Crippen molar-refractivity contribution in [2.45, 2.75) is 156 Å². The van der Waals surface area contributed by atoms with E-state index >= 15 is 0 Å². The molecule has 0 saturated carbocycles. The van der Waals surface area contributed by atoms with Crippen LogP contribution in [0, 0.1) is 82.1 Å². The summed E-state index contributed by atoms with van der Waals surface area (Å²) in [4.78, 5) is 0. The molecule has 10 aromatic rings. The summed E-state index contributed by atoms with van der Waals surface area (Å²) in [6, 6.07) is 55.3. The Kier molecular flexibility index (Phi) is 25.4. The maximum absolute atomic E-state index is 2.34. The van der Waals surface area contributed by atoms with E-state index in [1.165, 1.54) is 146 Å². The van der Waals surface area contributed by atoms with Gasteiger partial charge < -0.3 is 0 Å². The summed E-state index contributed by atoms with van der Waals surface area (Å²) >= 11 is 0. The Morgan fingerprint density at radius 3 is 0.888 bits per heavy atom. The molecule has 0 N–H and O–H groups in total. The van der Waals surface area contributed by atoms with Gasteiger partial charge in [-0.25, -0.2) is 22.8 Å². The van der Waals surface area contributed by atoms with Crippen LogP contribution in [0.15, 0.2) is 183 Å². The first-order chi connectivity index (χ1) is 42.3. The normalized spacial score (nSPS) is 11.2. The van der Waals surface area contributed by atoms with Crippen LogP contribution in [-0.2, 0) is 48.1 Å². The summed E-state index contributed by atoms with van der Waals surface area (Å²) in [6.45, 7) is 39.7. The maximum atomic E-state index is 2.34. The first kappa shape index (κ1) is 69.9. The van der Waals surface area contributed by atoms with Gasteiger partial charge in [-0.2, -0.15) is 0 Å². The maximum Gasteiger partial charge on any atom is 0.215 e. The standard InChI is InChI=1S/2C18H24N.C17H22N.C16H20N.C15H18N/c1-13(2)11-16-8-9-17(15(4)12-16)18-14(3)7-6-10-19(18)5;1-6-13(2)16-9-10-17(15(4)12-16)18-14(3)8-7-11-19(18)5;1-12(2)15-8-9-16(14(4)11-15)17-13(3)7-6-10-18(17)5;1-5-14-8-9-15(13(3)11-14)16-12(2)7-6-10-17(16)4;1-11-7-8-14(13(3)10-11)15-12(2)6-5-9-16(15)4/h6-10,12-13H,11H2,1-5H3;7-13H,6H2,1-5H3;6-12H,1-5H3;6-11H,5H2,1-4H3;5-10H,1-4H3/q5*+1. The van der Waals surface area contributed by atoms with Gasteiger partial charge >= 0.3 is 0 Å². The smallest absolute Gasteiger partial charge is 0.201 e. The van der Waals surface area contributed by atoms with Crippen molar-refractivity contribution in [2.75, 3.05) is 0 Å². The van der Waals surface area contributed by atoms with Gasteiger partial charge in [-0.15, -0.1) is 0 Å². The molecule has 0 amide bonds. The molecular formula is C84H108N5+5. The molecule has 5 aromatic carbocycles. The molecule has 10 rings (SSSR count). The summed E-state index contributed by atoms with van der Waals surface area (Å²) in [5.41, 5.74) is 33.6. The van der Waals surface area contributed by atoms with Crippen LogP contribution in [0.3, 0.4) is 0 Å². The molecule has 0 aliphatic carbocycles. The van der Waals surface area contributed by atoms with Crippen molar-refractivity contribution in [1.29, 1.82) is 0 Å². The van der Waals surface area contributed by atoms with Crippen molar-refractivity contribution < 1.29 is 22.8 Å². The van der Waals surface area contributed by atoms with Crippen molar-refractivity contribution in [1.82, 2.24) is 0 Å². The minimum absolute atomic E-state index is 0.586. The average Bonchev–Trinajstić information content (AvgIpc) is 1.22. The van der Waals surface area contributed by atoms with Crippen molar-refractivity contribution in [2.24, 2.45) is 41.2 Å². The van der Waals surface area contributed by atoms with Gasteiger partial charge in [0, 0.05) is 86.0 Å². The van der Waals surface area contributed by atoms with E-state index in [9.17, 15) is 0 Å². The number of aromatic nitrogens is 5. The molecule has 1 unspecified atom stereocenters. The number of rotatable bonds is 11. The van der Waals surface area contributed by atoms with Crippen LogP contribution in [0.5, 0.6) is 0 Å². The molecule has 0 radical (unpaired) electrons. The molecule has 0 spiro atoms. The lowest BCUT2D eigenvalue weighted by atomic mass is 9.93. The summed E-state index contributed by atoms with van der Waals surface area (Å²) in [7, 11) is 10.5. The van der Waals surface area contributed by atoms with Crippen LogP contribution >= 0.6 is 0 Å². The molecule has 0 saturated heterocycles. The summed E-state index contributed by atoms with van der Waals surface area (Å²) in [5.74, 6) is 1.93. The molecule has 89 heavy (non-hydrogen) atoms. The van der Waals surface area contributed by atoms with E-state index in [1.807, 2.05) is 0 Å². The second-order valence-electron chi connectivity index (χ2n) is 25.9. The van der Waals surface area contributed by atoms with Gasteiger partial charge in [-0.1, -0.05) is 115 Å². The van der Waals surface area contributed by atoms with E-state index in [0.29, 0.717) is 17.8 Å². The van der Waals surface area contributed by atoms with E-state index < -0.39 is 0 Å². The van der Waals surface area contributed by atoms with Crippen molar-refractivity contribution in [3.05, 3.63) is 266 Å². The fourth-order valence-corrected chi connectivity index (χ4v) is 12.4. The van der Waals surface area contributed by atoms with Crippen LogP contribution < -0.4 is 22.8 Å². The predicted molar refractivity (Wildman–Crippen MR) is 378 cm³/mol. The van der Waals surface area contributed by atoms with E-state index in [0.717, 1.165) is 12.8 Å². The topological polar surface area (TPSA) is 19.4 Å². The predicted octanol–water partition coefficient (Wildman–Crippen LogP) is 18.7. The first-order valence-corrected chi connectivity index (χ1v) is 32.5. The van der Waals surface area contributed by atoms with Crippen LogP contribution in [-0.4, -0.2) is 0 Å². The van der Waals surface area contributed by atoms with E-state index in [2.05, 4.69) is 365 Å². The average molecular weight is 1190 g/mol. The highest BCUT2D eigenvalue weighted by molar-refractivity contribution is 5.68. The molecule has 0 fully saturated rings. The molecular weight excluding hydrogens is 1080 g/mol. The molecule has 5 heteroatoms. The fraction of sp³-hybridized carbons (Fsp3) is 0.345. The first-order valence-electron chi connectivity index (χ1n) is 32.5. The largest absolute Gasteiger partial charge is 0.215 e. The third-order valence-electron chi connectivity index (χ3n) is 17.6. The number of hydrogen-bond donors (Lipinski definition) is 0. The van der Waals surface area contributed by atoms with Crippen molar-refractivity contribution >= 4 is 0 Å². The Morgan fingerprint density at radius 2 is 0.596 bits per heavy atom. The molecule has 0 bridgehead atoms. The van der Waals surface area contributed by atoms with E-state index in [-0.39, 0.29) is 0 Å². The highest BCUT2D eigenvalue weighted by Crippen LogP contribution is 2.31. The van der Waals surface area contributed by atoms with Crippen molar-refractivity contribution in [3.8, 4) is 56.3 Å². The van der Waals surface area contributed by atoms with E-state index in [4.69, 9.17) is 0 Å². The zero-order valence-electron chi connectivity index (χ0n) is 58.9. The highest BCUT2D eigenvalue weighted by atomic mass is 14.9. The zero-order chi connectivity index (χ0) is 65.4. The van der Waals surface area contributed by atoms with Crippen LogP contribution in [0.1, 0.15) is 150 Å². The summed E-state index contributed by atoms with van der Waals surface area (Å²) in [6.07, 6.45) is 14.0. The number of nitrogens with zero attached hydrogens (tertiary/aromatic N) is 5. The summed E-state index contributed by atoms with van der Waals surface area (Å²) in [5, 5.41) is 0. The molecule has 0 aliphatic rings. The van der Waals surface area contributed by atoms with Gasteiger partial charge in [0.25, 0.3) is 0 Å². The lowest BCUT2D eigenvalue weighted by Crippen LogP contribution is -2.31. The molecule has 5 nitrogen and oxygen atoms in total. The number of hydrogen-bond acceptors (Lipinski definition) is 0. The summed E-state index contributed by atoms with van der Waals surface area (Å²) < 4.78 is 11.0. The van der Waals surface area contributed by atoms with Gasteiger partial charge in [0.2, 0.25) is 28.5 Å². The monoisotopic (exact) mass is 1190 g/mol. The second kappa shape index (κ2) is 32.4. The number of aryl methyl sites for hydroxylation is 17. The number of benzene rings is 5. The Balaban J connectivity index is 0.000000178.